The lowest BCUT2D eigenvalue weighted by atomic mass is 10.00. The quantitative estimate of drug-likeness (QED) is 0.405. The van der Waals surface area contributed by atoms with E-state index in [1.54, 1.807) is 18.3 Å². The van der Waals surface area contributed by atoms with Gasteiger partial charge in [0.2, 0.25) is 7.37 Å². The average molecular weight is 433 g/mol. The van der Waals surface area contributed by atoms with Gasteiger partial charge in [-0.3, -0.25) is 4.57 Å². The highest BCUT2D eigenvalue weighted by Crippen LogP contribution is 2.65. The molecule has 152 valence electrons. The van der Waals surface area contributed by atoms with Crippen molar-refractivity contribution in [1.82, 2.24) is 0 Å². The molecule has 0 aliphatic rings. The number of rotatable bonds is 6. The van der Waals surface area contributed by atoms with E-state index in [1.165, 1.54) is 10.8 Å². The van der Waals surface area contributed by atoms with Crippen LogP contribution in [-0.2, 0) is 15.7 Å². The number of aromatic nitrogens is 1. The summed E-state index contributed by atoms with van der Waals surface area (Å²) in [6.07, 6.45) is 2.99. The highest BCUT2D eigenvalue weighted by atomic mass is 31.2. The van der Waals surface area contributed by atoms with Crippen LogP contribution in [0.3, 0.4) is 0 Å². The highest BCUT2D eigenvalue weighted by molar-refractivity contribution is 7.74. The maximum atomic E-state index is 12.0. The lowest BCUT2D eigenvalue weighted by molar-refractivity contribution is -0.703. The van der Waals surface area contributed by atoms with Crippen LogP contribution in [0.1, 0.15) is 0 Å². The van der Waals surface area contributed by atoms with Gasteiger partial charge in [-0.2, -0.15) is 0 Å². The Kier molecular flexibility index (Phi) is 5.93. The van der Waals surface area contributed by atoms with Crippen LogP contribution in [0.25, 0.3) is 22.3 Å². The summed E-state index contributed by atoms with van der Waals surface area (Å²) in [6, 6.07) is 20.9. The monoisotopic (exact) mass is 433 g/mol. The molecule has 0 spiro atoms. The third-order valence-corrected chi connectivity index (χ3v) is 9.06. The first-order valence-electron chi connectivity index (χ1n) is 8.73. The fraction of sp³-hybridized carbons (Fsp3) is 0.150. The first-order valence-corrected chi connectivity index (χ1v) is 12.4. The topological polar surface area (TPSA) is 122 Å². The van der Waals surface area contributed by atoms with Crippen LogP contribution in [0.5, 0.6) is 0 Å². The molecule has 0 saturated carbocycles. The average Bonchev–Trinajstić information content (AvgIpc) is 2.67. The summed E-state index contributed by atoms with van der Waals surface area (Å²) in [7, 11) is -10.1. The molecular formula is C20H21NO6P2. The number of aliphatic hydroxyl groups is 1. The molecule has 3 rings (SSSR count). The summed E-state index contributed by atoms with van der Waals surface area (Å²) in [5, 5.41) is 7.15. The van der Waals surface area contributed by atoms with Gasteiger partial charge in [0.25, 0.3) is 5.08 Å². The molecule has 0 aliphatic carbocycles. The molecule has 0 radical (unpaired) electrons. The van der Waals surface area contributed by atoms with Gasteiger partial charge in [-0.05, 0) is 28.8 Å². The third-order valence-electron chi connectivity index (χ3n) is 4.67. The number of hydrogen-bond donors (Lipinski definition) is 3. The molecule has 0 amide bonds. The second kappa shape index (κ2) is 7.96. The maximum Gasteiger partial charge on any atom is 0.263 e. The van der Waals surface area contributed by atoms with Crippen molar-refractivity contribution in [2.75, 3.05) is 6.66 Å². The van der Waals surface area contributed by atoms with Gasteiger partial charge in [0, 0.05) is 18.3 Å². The van der Waals surface area contributed by atoms with Gasteiger partial charge in [0.15, 0.2) is 26.5 Å². The molecule has 0 aliphatic heterocycles. The Labute approximate surface area is 168 Å². The minimum atomic E-state index is -5.54. The standard InChI is InChI=1S/C20H21NO6P2/c1-28(23,24)20(22,29(25,26)27)15-21-12-6-11-19(14-21)18-10-5-9-17(13-18)16-7-3-2-4-8-16/h2-14,22H,15H2,1H3,(H2-,23,24,25,26,27). The zero-order valence-corrected chi connectivity index (χ0v) is 17.4. The normalized spacial score (nSPS) is 17.7. The summed E-state index contributed by atoms with van der Waals surface area (Å²) in [6.45, 7) is -0.0950. The molecule has 3 aromatic rings. The second-order valence-electron chi connectivity index (χ2n) is 6.89. The van der Waals surface area contributed by atoms with E-state index in [-0.39, 0.29) is 0 Å². The minimum absolute atomic E-state index is 0.696. The Balaban J connectivity index is 1.99. The largest absolute Gasteiger partial charge is 0.776 e. The van der Waals surface area contributed by atoms with Crippen molar-refractivity contribution in [2.24, 2.45) is 0 Å². The van der Waals surface area contributed by atoms with E-state index < -0.39 is 26.6 Å². The summed E-state index contributed by atoms with van der Waals surface area (Å²) in [5.41, 5.74) is 3.56. The highest BCUT2D eigenvalue weighted by Gasteiger charge is 2.54. The van der Waals surface area contributed by atoms with Gasteiger partial charge in [0.05, 0.1) is 0 Å². The Morgan fingerprint density at radius 2 is 1.45 bits per heavy atom. The number of pyridine rings is 1. The van der Waals surface area contributed by atoms with E-state index >= 15 is 0 Å². The van der Waals surface area contributed by atoms with Crippen molar-refractivity contribution in [2.45, 2.75) is 11.6 Å². The lowest BCUT2D eigenvalue weighted by Gasteiger charge is -2.35. The number of benzene rings is 2. The molecular weight excluding hydrogens is 412 g/mol. The van der Waals surface area contributed by atoms with Gasteiger partial charge < -0.3 is 24.4 Å². The molecule has 0 fully saturated rings. The summed E-state index contributed by atoms with van der Waals surface area (Å²) in [4.78, 5) is 30.8. The molecule has 0 saturated heterocycles. The van der Waals surface area contributed by atoms with E-state index in [0.717, 1.165) is 16.7 Å². The maximum absolute atomic E-state index is 12.0. The van der Waals surface area contributed by atoms with Gasteiger partial charge >= 0.3 is 0 Å². The van der Waals surface area contributed by atoms with Crippen LogP contribution in [0.15, 0.2) is 79.1 Å². The Hall–Kier alpha value is -2.11. The molecule has 1 heterocycles. The van der Waals surface area contributed by atoms with Crippen LogP contribution in [-0.4, -0.2) is 26.6 Å². The Morgan fingerprint density at radius 3 is 2.03 bits per heavy atom. The molecule has 9 heteroatoms. The molecule has 0 bridgehead atoms. The molecule has 3 unspecified atom stereocenters. The predicted octanol–water partition coefficient (Wildman–Crippen LogP) is 2.40. The van der Waals surface area contributed by atoms with Crippen LogP contribution in [0.2, 0.25) is 0 Å². The zero-order chi connectivity index (χ0) is 21.3. The van der Waals surface area contributed by atoms with Crippen LogP contribution >= 0.6 is 15.0 Å². The van der Waals surface area contributed by atoms with E-state index in [0.29, 0.717) is 12.2 Å². The van der Waals surface area contributed by atoms with Crippen molar-refractivity contribution in [1.29, 1.82) is 0 Å². The molecule has 1 aromatic heterocycles. The van der Waals surface area contributed by atoms with Crippen LogP contribution < -0.4 is 9.46 Å². The first-order chi connectivity index (χ1) is 13.5. The summed E-state index contributed by atoms with van der Waals surface area (Å²) in [5.74, 6) is 0. The fourth-order valence-electron chi connectivity index (χ4n) is 3.00. The SMILES string of the molecule is CP(=O)(O)C(O)(C[n+]1cccc(-c2cccc(-c3ccccc3)c2)c1)P(=O)([O-])O. The van der Waals surface area contributed by atoms with Gasteiger partial charge in [-0.25, -0.2) is 4.57 Å². The smallest absolute Gasteiger partial charge is 0.263 e. The molecule has 29 heavy (non-hydrogen) atoms. The van der Waals surface area contributed by atoms with Crippen LogP contribution in [0.4, 0.5) is 0 Å². The van der Waals surface area contributed by atoms with Gasteiger partial charge in [-0.1, -0.05) is 48.5 Å². The van der Waals surface area contributed by atoms with Crippen LogP contribution in [0, 0.1) is 0 Å². The molecule has 3 N–H and O–H groups in total. The third kappa shape index (κ3) is 4.57. The second-order valence-corrected chi connectivity index (χ2v) is 11.5. The predicted molar refractivity (Wildman–Crippen MR) is 108 cm³/mol. The van der Waals surface area contributed by atoms with Crippen molar-refractivity contribution in [3.05, 3.63) is 79.1 Å². The van der Waals surface area contributed by atoms with E-state index in [2.05, 4.69) is 0 Å². The van der Waals surface area contributed by atoms with Crippen molar-refractivity contribution >= 4 is 15.0 Å². The first kappa shape index (κ1) is 21.6. The fourth-order valence-corrected chi connectivity index (χ4v) is 5.64. The molecule has 3 atom stereocenters. The van der Waals surface area contributed by atoms with Crippen molar-refractivity contribution < 1.29 is 33.5 Å². The van der Waals surface area contributed by atoms with Gasteiger partial charge in [0.1, 0.15) is 0 Å². The van der Waals surface area contributed by atoms with Crippen molar-refractivity contribution in [3.8, 4) is 22.3 Å². The van der Waals surface area contributed by atoms with Crippen molar-refractivity contribution in [3.63, 3.8) is 0 Å². The zero-order valence-electron chi connectivity index (χ0n) is 15.6. The summed E-state index contributed by atoms with van der Waals surface area (Å²) < 4.78 is 24.9. The Morgan fingerprint density at radius 1 is 0.897 bits per heavy atom. The van der Waals surface area contributed by atoms with E-state index in [4.69, 9.17) is 0 Å². The van der Waals surface area contributed by atoms with Gasteiger partial charge in [-0.15, -0.1) is 0 Å². The van der Waals surface area contributed by atoms with E-state index in [9.17, 15) is 28.9 Å². The molecule has 2 aromatic carbocycles. The Bertz CT molecular complexity index is 1080. The number of hydrogen-bond acceptors (Lipinski definition) is 4. The minimum Gasteiger partial charge on any atom is -0.776 e. The summed E-state index contributed by atoms with van der Waals surface area (Å²) >= 11 is 0. The molecule has 7 nitrogen and oxygen atoms in total. The number of nitrogens with zero attached hydrogens (tertiary/aromatic N) is 1. The lowest BCUT2D eigenvalue weighted by Crippen LogP contribution is -2.49. The van der Waals surface area contributed by atoms with E-state index in [1.807, 2.05) is 54.6 Å².